The van der Waals surface area contributed by atoms with Gasteiger partial charge in [0.05, 0.1) is 0 Å². The molecule has 1 fully saturated rings. The van der Waals surface area contributed by atoms with Crippen molar-refractivity contribution in [2.75, 3.05) is 5.32 Å². The van der Waals surface area contributed by atoms with Gasteiger partial charge < -0.3 is 9.88 Å². The fourth-order valence-corrected chi connectivity index (χ4v) is 4.84. The lowest BCUT2D eigenvalue weighted by atomic mass is 9.95. The molecule has 3 aromatic rings. The van der Waals surface area contributed by atoms with Gasteiger partial charge in [0.25, 0.3) is 5.91 Å². The van der Waals surface area contributed by atoms with E-state index in [0.29, 0.717) is 11.6 Å². The second-order valence-corrected chi connectivity index (χ2v) is 8.44. The Kier molecular flexibility index (Phi) is 6.30. The molecule has 0 unspecified atom stereocenters. The number of nitrogens with one attached hydrogen (secondary N) is 1. The predicted octanol–water partition coefficient (Wildman–Crippen LogP) is 5.64. The number of rotatable bonds is 6. The van der Waals surface area contributed by atoms with Gasteiger partial charge in [-0.05, 0) is 49.6 Å². The van der Waals surface area contributed by atoms with Crippen molar-refractivity contribution >= 4 is 23.4 Å². The van der Waals surface area contributed by atoms with Gasteiger partial charge in [-0.25, -0.2) is 0 Å². The van der Waals surface area contributed by atoms with Gasteiger partial charge >= 0.3 is 0 Å². The van der Waals surface area contributed by atoms with E-state index in [0.717, 1.165) is 22.4 Å². The Bertz CT molecular complexity index is 947. The van der Waals surface area contributed by atoms with Crippen LogP contribution in [0, 0.1) is 6.92 Å². The fraction of sp³-hybridized carbons (Fsp3) is 0.348. The molecule has 150 valence electrons. The average Bonchev–Trinajstić information content (AvgIpc) is 3.14. The summed E-state index contributed by atoms with van der Waals surface area (Å²) in [6, 6.07) is 17.8. The van der Waals surface area contributed by atoms with Crippen LogP contribution in [0.25, 0.3) is 0 Å². The highest BCUT2D eigenvalue weighted by atomic mass is 32.2. The second kappa shape index (κ2) is 9.27. The van der Waals surface area contributed by atoms with Crippen LogP contribution in [0.15, 0.2) is 59.8 Å². The highest BCUT2D eigenvalue weighted by molar-refractivity contribution is 7.98. The predicted molar refractivity (Wildman–Crippen MR) is 117 cm³/mol. The third kappa shape index (κ3) is 4.88. The number of amides is 1. The molecule has 0 radical (unpaired) electrons. The molecule has 0 aliphatic heterocycles. The first kappa shape index (κ1) is 19.7. The van der Waals surface area contributed by atoms with Crippen LogP contribution in [0.3, 0.4) is 0 Å². The molecular weight excluding hydrogens is 380 g/mol. The van der Waals surface area contributed by atoms with Crippen molar-refractivity contribution in [3.05, 3.63) is 71.5 Å². The summed E-state index contributed by atoms with van der Waals surface area (Å²) in [5, 5.41) is 12.6. The number of carbonyl (C=O) groups is 1. The van der Waals surface area contributed by atoms with Crippen molar-refractivity contribution < 1.29 is 4.79 Å². The smallest absolute Gasteiger partial charge is 0.255 e. The van der Waals surface area contributed by atoms with E-state index in [9.17, 15) is 4.79 Å². The van der Waals surface area contributed by atoms with Gasteiger partial charge in [-0.15, -0.1) is 10.2 Å². The monoisotopic (exact) mass is 406 g/mol. The van der Waals surface area contributed by atoms with Gasteiger partial charge in [0.15, 0.2) is 5.16 Å². The summed E-state index contributed by atoms with van der Waals surface area (Å²) in [4.78, 5) is 12.4. The molecule has 1 saturated carbocycles. The molecule has 4 rings (SSSR count). The minimum atomic E-state index is -0.0944. The molecule has 1 aliphatic carbocycles. The largest absolute Gasteiger partial charge is 0.322 e. The first-order chi connectivity index (χ1) is 14.2. The first-order valence-electron chi connectivity index (χ1n) is 10.2. The number of hydrogen-bond acceptors (Lipinski definition) is 4. The van der Waals surface area contributed by atoms with Crippen molar-refractivity contribution in [3.8, 4) is 0 Å². The number of aryl methyl sites for hydroxylation is 1. The topological polar surface area (TPSA) is 59.8 Å². The van der Waals surface area contributed by atoms with Crippen LogP contribution < -0.4 is 5.32 Å². The molecule has 29 heavy (non-hydrogen) atoms. The molecule has 1 heterocycles. The SMILES string of the molecule is Cc1nnc(SCc2ccc(C(=O)Nc3ccccc3)cc2)n1C1CCCCC1. The Hall–Kier alpha value is -2.60. The quantitative estimate of drug-likeness (QED) is 0.539. The van der Waals surface area contributed by atoms with Crippen LogP contribution in [0.5, 0.6) is 0 Å². The van der Waals surface area contributed by atoms with Crippen molar-refractivity contribution in [2.45, 2.75) is 56.0 Å². The van der Waals surface area contributed by atoms with E-state index in [1.165, 1.54) is 37.7 Å². The lowest BCUT2D eigenvalue weighted by molar-refractivity contribution is 0.102. The summed E-state index contributed by atoms with van der Waals surface area (Å²) >= 11 is 1.72. The number of benzene rings is 2. The summed E-state index contributed by atoms with van der Waals surface area (Å²) in [6.45, 7) is 2.05. The van der Waals surface area contributed by atoms with Crippen molar-refractivity contribution in [1.82, 2.24) is 14.8 Å². The summed E-state index contributed by atoms with van der Waals surface area (Å²) < 4.78 is 2.32. The van der Waals surface area contributed by atoms with E-state index in [1.807, 2.05) is 61.5 Å². The van der Waals surface area contributed by atoms with Crippen LogP contribution in [0.1, 0.15) is 59.9 Å². The van der Waals surface area contributed by atoms with E-state index >= 15 is 0 Å². The molecule has 1 aliphatic rings. The van der Waals surface area contributed by atoms with Crippen molar-refractivity contribution in [2.24, 2.45) is 0 Å². The Morgan fingerprint density at radius 1 is 1.03 bits per heavy atom. The molecule has 0 bridgehead atoms. The second-order valence-electron chi connectivity index (χ2n) is 7.50. The number of nitrogens with zero attached hydrogens (tertiary/aromatic N) is 3. The summed E-state index contributed by atoms with van der Waals surface area (Å²) in [7, 11) is 0. The zero-order chi connectivity index (χ0) is 20.1. The molecular formula is C23H26N4OS. The number of carbonyl (C=O) groups excluding carboxylic acids is 1. The molecule has 6 heteroatoms. The molecule has 1 N–H and O–H groups in total. The standard InChI is InChI=1S/C23H26N4OS/c1-17-25-26-23(27(17)21-10-6-3-7-11-21)29-16-18-12-14-19(15-13-18)22(28)24-20-8-4-2-5-9-20/h2,4-5,8-9,12-15,21H,3,6-7,10-11,16H2,1H3,(H,24,28). The van der Waals surface area contributed by atoms with E-state index < -0.39 is 0 Å². The molecule has 0 saturated heterocycles. The van der Waals surface area contributed by atoms with Crippen LogP contribution in [-0.2, 0) is 5.75 Å². The van der Waals surface area contributed by atoms with Crippen LogP contribution in [0.2, 0.25) is 0 Å². The Labute approximate surface area is 175 Å². The Balaban J connectivity index is 1.38. The Morgan fingerprint density at radius 3 is 2.48 bits per heavy atom. The van der Waals surface area contributed by atoms with Crippen molar-refractivity contribution in [3.63, 3.8) is 0 Å². The van der Waals surface area contributed by atoms with Crippen LogP contribution in [-0.4, -0.2) is 20.7 Å². The maximum Gasteiger partial charge on any atom is 0.255 e. The van der Waals surface area contributed by atoms with Crippen molar-refractivity contribution in [1.29, 1.82) is 0 Å². The lowest BCUT2D eigenvalue weighted by Crippen LogP contribution is -2.15. The van der Waals surface area contributed by atoms with Gasteiger partial charge in [-0.2, -0.15) is 0 Å². The molecule has 5 nitrogen and oxygen atoms in total. The number of thioether (sulfide) groups is 1. The third-order valence-electron chi connectivity index (χ3n) is 5.39. The van der Waals surface area contributed by atoms with Gasteiger partial charge in [0.2, 0.25) is 0 Å². The number of hydrogen-bond donors (Lipinski definition) is 1. The summed E-state index contributed by atoms with van der Waals surface area (Å²) in [5.41, 5.74) is 2.63. The maximum absolute atomic E-state index is 12.4. The Morgan fingerprint density at radius 2 is 1.76 bits per heavy atom. The van der Waals surface area contributed by atoms with Gasteiger partial charge in [-0.1, -0.05) is 61.4 Å². The number of para-hydroxylation sites is 1. The number of anilines is 1. The normalized spacial score (nSPS) is 14.7. The molecule has 1 aromatic heterocycles. The van der Waals surface area contributed by atoms with Gasteiger partial charge in [0, 0.05) is 23.0 Å². The number of aromatic nitrogens is 3. The average molecular weight is 407 g/mol. The van der Waals surface area contributed by atoms with E-state index in [-0.39, 0.29) is 5.91 Å². The summed E-state index contributed by atoms with van der Waals surface area (Å²) in [5.74, 6) is 1.72. The highest BCUT2D eigenvalue weighted by Gasteiger charge is 2.21. The third-order valence-corrected chi connectivity index (χ3v) is 6.40. The molecule has 0 spiro atoms. The zero-order valence-electron chi connectivity index (χ0n) is 16.7. The van der Waals surface area contributed by atoms with Gasteiger partial charge in [0.1, 0.15) is 5.82 Å². The molecule has 1 amide bonds. The minimum Gasteiger partial charge on any atom is -0.322 e. The highest BCUT2D eigenvalue weighted by Crippen LogP contribution is 2.33. The molecule has 2 aromatic carbocycles. The molecule has 0 atom stereocenters. The first-order valence-corrected chi connectivity index (χ1v) is 11.2. The van der Waals surface area contributed by atoms with E-state index in [1.54, 1.807) is 11.8 Å². The maximum atomic E-state index is 12.4. The van der Waals surface area contributed by atoms with Crippen LogP contribution in [0.4, 0.5) is 5.69 Å². The summed E-state index contributed by atoms with van der Waals surface area (Å²) in [6.07, 6.45) is 6.36. The van der Waals surface area contributed by atoms with E-state index in [2.05, 4.69) is 20.1 Å². The fourth-order valence-electron chi connectivity index (χ4n) is 3.83. The zero-order valence-corrected chi connectivity index (χ0v) is 17.5. The van der Waals surface area contributed by atoms with E-state index in [4.69, 9.17) is 0 Å². The lowest BCUT2D eigenvalue weighted by Gasteiger charge is -2.25. The van der Waals surface area contributed by atoms with Gasteiger partial charge in [-0.3, -0.25) is 4.79 Å². The minimum absolute atomic E-state index is 0.0944. The van der Waals surface area contributed by atoms with Crippen LogP contribution >= 0.6 is 11.8 Å².